The molecule has 1 heterocycles. The number of carboxylic acids is 1. The van der Waals surface area contributed by atoms with Crippen LogP contribution in [0.2, 0.25) is 0 Å². The largest absolute Gasteiger partial charge is 0.481 e. The number of allylic oxidation sites excluding steroid dienone is 3. The van der Waals surface area contributed by atoms with Gasteiger partial charge in [0.25, 0.3) is 0 Å². The van der Waals surface area contributed by atoms with E-state index in [9.17, 15) is 15.0 Å². The Morgan fingerprint density at radius 1 is 1.22 bits per heavy atom. The second-order valence-corrected chi connectivity index (χ2v) is 9.33. The monoisotopic (exact) mass is 452 g/mol. The molecule has 0 aromatic heterocycles. The number of aliphatic hydroxyl groups excluding tert-OH is 2. The first-order valence-corrected chi connectivity index (χ1v) is 12.7. The van der Waals surface area contributed by atoms with Crippen molar-refractivity contribution in [2.24, 2.45) is 17.8 Å². The molecule has 1 saturated heterocycles. The Morgan fingerprint density at radius 2 is 2.06 bits per heavy atom. The van der Waals surface area contributed by atoms with Crippen molar-refractivity contribution in [3.8, 4) is 0 Å². The molecule has 6 heteroatoms. The van der Waals surface area contributed by atoms with Crippen LogP contribution in [0.15, 0.2) is 24.3 Å². The molecule has 0 radical (unpaired) electrons. The van der Waals surface area contributed by atoms with E-state index in [0.29, 0.717) is 12.8 Å². The Balaban J connectivity index is 1.97. The molecule has 6 atom stereocenters. The highest BCUT2D eigenvalue weighted by molar-refractivity contribution is 5.66. The first-order chi connectivity index (χ1) is 15.5. The summed E-state index contributed by atoms with van der Waals surface area (Å²) in [6.07, 6.45) is 18.3. The summed E-state index contributed by atoms with van der Waals surface area (Å²) in [4.78, 5) is 10.6. The van der Waals surface area contributed by atoms with Crippen LogP contribution in [0.25, 0.3) is 0 Å². The van der Waals surface area contributed by atoms with Gasteiger partial charge in [0, 0.05) is 19.6 Å². The smallest absolute Gasteiger partial charge is 0.303 e. The summed E-state index contributed by atoms with van der Waals surface area (Å²) in [5, 5.41) is 29.3. The molecule has 2 aliphatic rings. The van der Waals surface area contributed by atoms with E-state index in [1.54, 1.807) is 0 Å². The normalized spacial score (nSPS) is 29.8. The highest BCUT2D eigenvalue weighted by Gasteiger charge is 2.40. The molecule has 1 aliphatic carbocycles. The van der Waals surface area contributed by atoms with E-state index in [0.717, 1.165) is 51.6 Å². The molecule has 0 amide bonds. The van der Waals surface area contributed by atoms with Crippen LogP contribution in [0.5, 0.6) is 0 Å². The van der Waals surface area contributed by atoms with Crippen LogP contribution in [0.1, 0.15) is 84.0 Å². The summed E-state index contributed by atoms with van der Waals surface area (Å²) in [5.41, 5.74) is 0. The molecular weight excluding hydrogens is 408 g/mol. The highest BCUT2D eigenvalue weighted by atomic mass is 16.7. The Labute approximate surface area is 193 Å². The summed E-state index contributed by atoms with van der Waals surface area (Å²) < 4.78 is 12.1. The topological polar surface area (TPSA) is 96.2 Å². The molecule has 1 aliphatic heterocycles. The number of aliphatic carboxylic acids is 1. The van der Waals surface area contributed by atoms with Gasteiger partial charge in [0.15, 0.2) is 6.29 Å². The molecule has 2 rings (SSSR count). The van der Waals surface area contributed by atoms with Crippen molar-refractivity contribution in [3.05, 3.63) is 24.3 Å². The van der Waals surface area contributed by atoms with Gasteiger partial charge in [0.05, 0.1) is 12.2 Å². The standard InChI is InChI=1S/C26H44O6/c1-2-3-6-11-21(32-26-14-9-10-17-31-26)15-16-22-20(19-27)18-24(28)23(22)12-7-4-5-8-13-25(29)30/h4,7,15-16,20-24,26-28H,2-3,5-6,8-14,17-19H2,1H3,(H,29,30)/b7-4-,16-15+/t20-,21?,22-,23+,24?,26?/m0/s1. The van der Waals surface area contributed by atoms with Crippen LogP contribution in [-0.4, -0.2) is 53.0 Å². The van der Waals surface area contributed by atoms with Gasteiger partial charge < -0.3 is 24.8 Å². The number of hydrogen-bond acceptors (Lipinski definition) is 5. The summed E-state index contributed by atoms with van der Waals surface area (Å²) in [6, 6.07) is 0. The molecule has 0 spiro atoms. The van der Waals surface area contributed by atoms with E-state index in [2.05, 4.69) is 25.2 Å². The van der Waals surface area contributed by atoms with Crippen LogP contribution >= 0.6 is 0 Å². The lowest BCUT2D eigenvalue weighted by molar-refractivity contribution is -0.179. The van der Waals surface area contributed by atoms with E-state index in [1.165, 1.54) is 12.8 Å². The lowest BCUT2D eigenvalue weighted by Crippen LogP contribution is -2.27. The molecule has 2 fully saturated rings. The molecule has 0 aromatic carbocycles. The Hall–Kier alpha value is -1.21. The van der Waals surface area contributed by atoms with Crippen molar-refractivity contribution in [3.63, 3.8) is 0 Å². The zero-order chi connectivity index (χ0) is 23.2. The Morgan fingerprint density at radius 3 is 2.75 bits per heavy atom. The first-order valence-electron chi connectivity index (χ1n) is 12.7. The average molecular weight is 453 g/mol. The predicted molar refractivity (Wildman–Crippen MR) is 125 cm³/mol. The third-order valence-corrected chi connectivity index (χ3v) is 6.75. The Kier molecular flexibility index (Phi) is 13.2. The number of carbonyl (C=O) groups is 1. The molecule has 3 unspecified atom stereocenters. The second kappa shape index (κ2) is 15.6. The fourth-order valence-electron chi connectivity index (χ4n) is 4.87. The zero-order valence-corrected chi connectivity index (χ0v) is 19.7. The third-order valence-electron chi connectivity index (χ3n) is 6.75. The molecule has 6 nitrogen and oxygen atoms in total. The fourth-order valence-corrected chi connectivity index (χ4v) is 4.87. The van der Waals surface area contributed by atoms with Crippen molar-refractivity contribution in [2.75, 3.05) is 13.2 Å². The van der Waals surface area contributed by atoms with Crippen LogP contribution in [-0.2, 0) is 14.3 Å². The molecule has 0 bridgehead atoms. The summed E-state index contributed by atoms with van der Waals surface area (Å²) >= 11 is 0. The van der Waals surface area contributed by atoms with Crippen LogP contribution in [0, 0.1) is 17.8 Å². The van der Waals surface area contributed by atoms with Gasteiger partial charge in [-0.05, 0) is 69.1 Å². The van der Waals surface area contributed by atoms with Gasteiger partial charge in [-0.3, -0.25) is 4.79 Å². The number of hydrogen-bond donors (Lipinski definition) is 3. The second-order valence-electron chi connectivity index (χ2n) is 9.33. The molecule has 1 saturated carbocycles. The van der Waals surface area contributed by atoms with Gasteiger partial charge >= 0.3 is 5.97 Å². The highest BCUT2D eigenvalue weighted by Crippen LogP contribution is 2.40. The summed E-state index contributed by atoms with van der Waals surface area (Å²) in [5.74, 6) is -0.562. The molecule has 0 aromatic rings. The van der Waals surface area contributed by atoms with Crippen LogP contribution in [0.3, 0.4) is 0 Å². The van der Waals surface area contributed by atoms with E-state index < -0.39 is 12.1 Å². The van der Waals surface area contributed by atoms with E-state index in [-0.39, 0.29) is 43.2 Å². The first kappa shape index (κ1) is 27.0. The van der Waals surface area contributed by atoms with Gasteiger partial charge in [0.1, 0.15) is 0 Å². The van der Waals surface area contributed by atoms with E-state index in [4.69, 9.17) is 14.6 Å². The quantitative estimate of drug-likeness (QED) is 0.243. The van der Waals surface area contributed by atoms with Crippen molar-refractivity contribution < 1.29 is 29.6 Å². The predicted octanol–water partition coefficient (Wildman–Crippen LogP) is 4.84. The summed E-state index contributed by atoms with van der Waals surface area (Å²) in [7, 11) is 0. The zero-order valence-electron chi connectivity index (χ0n) is 19.7. The minimum Gasteiger partial charge on any atom is -0.481 e. The van der Waals surface area contributed by atoms with E-state index in [1.807, 2.05) is 6.08 Å². The van der Waals surface area contributed by atoms with Crippen LogP contribution < -0.4 is 0 Å². The van der Waals surface area contributed by atoms with Crippen molar-refractivity contribution >= 4 is 5.97 Å². The van der Waals surface area contributed by atoms with Crippen molar-refractivity contribution in [1.82, 2.24) is 0 Å². The minimum absolute atomic E-state index is 0.00561. The number of unbranched alkanes of at least 4 members (excludes halogenated alkanes) is 3. The maximum atomic E-state index is 10.6. The number of carboxylic acid groups (broad SMARTS) is 1. The third kappa shape index (κ3) is 9.74. The molecule has 184 valence electrons. The average Bonchev–Trinajstić information content (AvgIpc) is 3.09. The van der Waals surface area contributed by atoms with Gasteiger partial charge in [-0.15, -0.1) is 0 Å². The van der Waals surface area contributed by atoms with Gasteiger partial charge in [-0.2, -0.15) is 0 Å². The Bertz CT molecular complexity index is 569. The lowest BCUT2D eigenvalue weighted by atomic mass is 9.86. The maximum absolute atomic E-state index is 10.6. The van der Waals surface area contributed by atoms with Crippen LogP contribution in [0.4, 0.5) is 0 Å². The fraction of sp³-hybridized carbons (Fsp3) is 0.808. The summed E-state index contributed by atoms with van der Waals surface area (Å²) in [6.45, 7) is 3.03. The van der Waals surface area contributed by atoms with Gasteiger partial charge in [-0.25, -0.2) is 0 Å². The SMILES string of the molecule is CCCCCC(/C=C/[C@H]1[C@H](CO)CC(O)[C@@H]1C/C=C\CCCC(=O)O)OC1CCCCO1. The molecule has 32 heavy (non-hydrogen) atoms. The minimum atomic E-state index is -0.769. The number of aliphatic hydroxyl groups is 2. The van der Waals surface area contributed by atoms with Crippen molar-refractivity contribution in [2.45, 2.75) is 102 Å². The van der Waals surface area contributed by atoms with E-state index >= 15 is 0 Å². The molecule has 3 N–H and O–H groups in total. The number of rotatable bonds is 15. The van der Waals surface area contributed by atoms with Crippen molar-refractivity contribution in [1.29, 1.82) is 0 Å². The molecular formula is C26H44O6. The number of ether oxygens (including phenoxy) is 2. The van der Waals surface area contributed by atoms with Gasteiger partial charge in [0.2, 0.25) is 0 Å². The maximum Gasteiger partial charge on any atom is 0.303 e. The lowest BCUT2D eigenvalue weighted by Gasteiger charge is -2.27. The van der Waals surface area contributed by atoms with Gasteiger partial charge in [-0.1, -0.05) is 50.5 Å².